The number of hydrogen-bond donors (Lipinski definition) is 1. The lowest BCUT2D eigenvalue weighted by atomic mass is 9.54. The second kappa shape index (κ2) is 12.0. The maximum Gasteiger partial charge on any atom is 0.416 e. The third kappa shape index (κ3) is 7.07. The molecule has 2 aliphatic rings. The third-order valence-electron chi connectivity index (χ3n) is 8.60. The van der Waals surface area contributed by atoms with Crippen molar-refractivity contribution in [3.63, 3.8) is 0 Å². The summed E-state index contributed by atoms with van der Waals surface area (Å²) in [7, 11) is 0. The molecule has 43 heavy (non-hydrogen) atoms. The van der Waals surface area contributed by atoms with E-state index in [1.807, 2.05) is 65.6 Å². The molecule has 3 aromatic rings. The molecule has 1 saturated heterocycles. The molecule has 1 saturated carbocycles. The number of rotatable bonds is 10. The molecule has 1 atom stereocenters. The van der Waals surface area contributed by atoms with E-state index in [-0.39, 0.29) is 24.1 Å². The van der Waals surface area contributed by atoms with Crippen LogP contribution < -0.4 is 5.32 Å². The number of ether oxygens (including phenoxy) is 1. The fraction of sp³-hybridized carbons (Fsp3) is 0.424. The minimum atomic E-state index is -4.94. The summed E-state index contributed by atoms with van der Waals surface area (Å²) < 4.78 is 87.1. The second-order valence-corrected chi connectivity index (χ2v) is 11.8. The number of carbonyl (C=O) groups excluding carboxylic acids is 1. The molecule has 0 spiro atoms. The molecule has 1 N–H and O–H groups in total. The summed E-state index contributed by atoms with van der Waals surface area (Å²) in [5.41, 5.74) is -1.88. The maximum atomic E-state index is 13.5. The van der Waals surface area contributed by atoms with Gasteiger partial charge in [0.15, 0.2) is 0 Å². The van der Waals surface area contributed by atoms with Crippen LogP contribution in [0.15, 0.2) is 78.9 Å². The van der Waals surface area contributed by atoms with Crippen molar-refractivity contribution in [3.8, 4) is 0 Å². The summed E-state index contributed by atoms with van der Waals surface area (Å²) in [5.74, 6) is 0.105. The second-order valence-electron chi connectivity index (χ2n) is 11.8. The molecule has 0 radical (unpaired) electrons. The molecular formula is C33H34F6N2O2. The van der Waals surface area contributed by atoms with E-state index in [9.17, 15) is 31.1 Å². The highest BCUT2D eigenvalue weighted by Gasteiger charge is 2.56. The first-order valence-electron chi connectivity index (χ1n) is 14.3. The number of carbonyl (C=O) groups is 1. The van der Waals surface area contributed by atoms with Crippen molar-refractivity contribution in [1.82, 2.24) is 10.2 Å². The lowest BCUT2D eigenvalue weighted by Gasteiger charge is -2.58. The normalized spacial score (nSPS) is 23.3. The Bertz CT molecular complexity index is 1370. The van der Waals surface area contributed by atoms with Crippen LogP contribution in [-0.4, -0.2) is 36.0 Å². The molecule has 3 aromatic carbocycles. The molecular weight excluding hydrogens is 570 g/mol. The van der Waals surface area contributed by atoms with Gasteiger partial charge in [0.1, 0.15) is 0 Å². The van der Waals surface area contributed by atoms with Gasteiger partial charge in [0, 0.05) is 37.0 Å². The van der Waals surface area contributed by atoms with Crippen molar-refractivity contribution in [2.24, 2.45) is 0 Å². The van der Waals surface area contributed by atoms with Crippen molar-refractivity contribution >= 4 is 5.91 Å². The highest BCUT2D eigenvalue weighted by molar-refractivity contribution is 5.78. The van der Waals surface area contributed by atoms with E-state index in [2.05, 4.69) is 5.32 Å². The van der Waals surface area contributed by atoms with Gasteiger partial charge in [-0.1, -0.05) is 60.7 Å². The van der Waals surface area contributed by atoms with Crippen LogP contribution in [0.1, 0.15) is 66.5 Å². The number of amides is 1. The van der Waals surface area contributed by atoms with Crippen LogP contribution in [0.3, 0.4) is 0 Å². The quantitative estimate of drug-likeness (QED) is 0.242. The molecule has 10 heteroatoms. The summed E-state index contributed by atoms with van der Waals surface area (Å²) >= 11 is 0. The Labute approximate surface area is 247 Å². The van der Waals surface area contributed by atoms with E-state index in [0.717, 1.165) is 29.7 Å². The standard InChI is InChI=1S/C33H34F6N2O2/c1-23(25-15-27(32(34,35)36)17-28(16-25)33(37,38)39)43-22-30(26-11-6-3-7-12-26)19-31(20-30,21-41-14-8-13-29(41)42)40-18-24-9-4-2-5-10-24/h2-7,9-12,15-17,23,40H,8,13-14,18-22H2,1H3. The molecule has 0 aromatic heterocycles. The van der Waals surface area contributed by atoms with Gasteiger partial charge in [0.25, 0.3) is 0 Å². The van der Waals surface area contributed by atoms with E-state index in [1.165, 1.54) is 6.92 Å². The molecule has 1 aliphatic carbocycles. The molecule has 1 unspecified atom stereocenters. The Kier molecular flexibility index (Phi) is 8.64. The average Bonchev–Trinajstić information content (AvgIpc) is 3.36. The Morgan fingerprint density at radius 2 is 1.47 bits per heavy atom. The highest BCUT2D eigenvalue weighted by atomic mass is 19.4. The summed E-state index contributed by atoms with van der Waals surface area (Å²) in [4.78, 5) is 14.5. The van der Waals surface area contributed by atoms with Crippen LogP contribution in [0.2, 0.25) is 0 Å². The summed E-state index contributed by atoms with van der Waals surface area (Å²) in [6.07, 6.45) is -8.45. The summed E-state index contributed by atoms with van der Waals surface area (Å²) in [5, 5.41) is 3.69. The number of halogens is 6. The Balaban J connectivity index is 1.40. The van der Waals surface area contributed by atoms with Crippen LogP contribution in [0.5, 0.6) is 0 Å². The largest absolute Gasteiger partial charge is 0.416 e. The monoisotopic (exact) mass is 604 g/mol. The van der Waals surface area contributed by atoms with Gasteiger partial charge in [-0.2, -0.15) is 26.3 Å². The molecule has 5 rings (SSSR count). The molecule has 2 fully saturated rings. The first-order valence-corrected chi connectivity index (χ1v) is 14.3. The first-order chi connectivity index (χ1) is 20.3. The first kappa shape index (κ1) is 31.1. The lowest BCUT2D eigenvalue weighted by Crippen LogP contribution is -2.68. The smallest absolute Gasteiger partial charge is 0.373 e. The van der Waals surface area contributed by atoms with E-state index >= 15 is 0 Å². The lowest BCUT2D eigenvalue weighted by molar-refractivity contribution is -0.143. The van der Waals surface area contributed by atoms with Gasteiger partial charge in [-0.3, -0.25) is 4.79 Å². The molecule has 230 valence electrons. The van der Waals surface area contributed by atoms with Gasteiger partial charge in [0.05, 0.1) is 23.8 Å². The number of nitrogens with zero attached hydrogens (tertiary/aromatic N) is 1. The van der Waals surface area contributed by atoms with Crippen molar-refractivity contribution in [1.29, 1.82) is 0 Å². The van der Waals surface area contributed by atoms with Crippen LogP contribution in [-0.2, 0) is 33.8 Å². The fourth-order valence-electron chi connectivity index (χ4n) is 6.43. The van der Waals surface area contributed by atoms with Crippen LogP contribution in [0.25, 0.3) is 0 Å². The maximum absolute atomic E-state index is 13.5. The third-order valence-corrected chi connectivity index (χ3v) is 8.60. The van der Waals surface area contributed by atoms with E-state index in [4.69, 9.17) is 4.74 Å². The van der Waals surface area contributed by atoms with E-state index < -0.39 is 40.5 Å². The van der Waals surface area contributed by atoms with Gasteiger partial charge in [-0.15, -0.1) is 0 Å². The van der Waals surface area contributed by atoms with Crippen molar-refractivity contribution in [2.45, 2.75) is 68.6 Å². The Morgan fingerprint density at radius 3 is 2.00 bits per heavy atom. The number of benzene rings is 3. The average molecular weight is 605 g/mol. The molecule has 0 bridgehead atoms. The molecule has 1 heterocycles. The summed E-state index contributed by atoms with van der Waals surface area (Å²) in [6, 6.07) is 21.0. The predicted octanol–water partition coefficient (Wildman–Crippen LogP) is 7.68. The van der Waals surface area contributed by atoms with Gasteiger partial charge in [-0.25, -0.2) is 0 Å². The number of nitrogens with one attached hydrogen (secondary N) is 1. The van der Waals surface area contributed by atoms with Crippen molar-refractivity contribution in [2.75, 3.05) is 19.7 Å². The molecule has 1 aliphatic heterocycles. The zero-order valence-corrected chi connectivity index (χ0v) is 23.8. The fourth-order valence-corrected chi connectivity index (χ4v) is 6.43. The van der Waals surface area contributed by atoms with Crippen molar-refractivity contribution < 1.29 is 35.9 Å². The Morgan fingerprint density at radius 1 is 0.884 bits per heavy atom. The number of alkyl halides is 6. The topological polar surface area (TPSA) is 41.6 Å². The summed E-state index contributed by atoms with van der Waals surface area (Å²) in [6.45, 7) is 3.31. The van der Waals surface area contributed by atoms with Gasteiger partial charge in [0.2, 0.25) is 5.91 Å². The van der Waals surface area contributed by atoms with Gasteiger partial charge in [-0.05, 0) is 61.1 Å². The molecule has 1 amide bonds. The van der Waals surface area contributed by atoms with E-state index in [0.29, 0.717) is 38.9 Å². The SMILES string of the molecule is CC(OCC1(c2ccccc2)CC(CN2CCCC2=O)(NCc2ccccc2)C1)c1cc(C(F)(F)F)cc(C(F)(F)F)c1. The molecule has 4 nitrogen and oxygen atoms in total. The van der Waals surface area contributed by atoms with Crippen LogP contribution >= 0.6 is 0 Å². The Hall–Kier alpha value is -3.37. The van der Waals surface area contributed by atoms with Crippen LogP contribution in [0, 0.1) is 0 Å². The number of hydrogen-bond acceptors (Lipinski definition) is 3. The highest BCUT2D eigenvalue weighted by Crippen LogP contribution is 2.52. The van der Waals surface area contributed by atoms with Crippen LogP contribution in [0.4, 0.5) is 26.3 Å². The zero-order chi connectivity index (χ0) is 30.9. The number of likely N-dealkylation sites (tertiary alicyclic amines) is 1. The zero-order valence-electron chi connectivity index (χ0n) is 23.8. The minimum Gasteiger partial charge on any atom is -0.373 e. The van der Waals surface area contributed by atoms with Gasteiger partial charge < -0.3 is 15.0 Å². The van der Waals surface area contributed by atoms with Crippen molar-refractivity contribution in [3.05, 3.63) is 107 Å². The minimum absolute atomic E-state index is 0.0818. The van der Waals surface area contributed by atoms with Gasteiger partial charge >= 0.3 is 12.4 Å². The van der Waals surface area contributed by atoms with E-state index in [1.54, 1.807) is 0 Å². The predicted molar refractivity (Wildman–Crippen MR) is 150 cm³/mol.